The summed E-state index contributed by atoms with van der Waals surface area (Å²) in [4.78, 5) is 30.0. The van der Waals surface area contributed by atoms with Crippen molar-refractivity contribution in [3.8, 4) is 0 Å². The van der Waals surface area contributed by atoms with Crippen molar-refractivity contribution in [2.24, 2.45) is 0 Å². The number of para-hydroxylation sites is 1. The van der Waals surface area contributed by atoms with Gasteiger partial charge in [-0.3, -0.25) is 19.7 Å². The van der Waals surface area contributed by atoms with E-state index in [9.17, 15) is 4.79 Å². The van der Waals surface area contributed by atoms with Crippen LogP contribution in [0.3, 0.4) is 0 Å². The number of anilines is 2. The van der Waals surface area contributed by atoms with Crippen LogP contribution < -0.4 is 9.80 Å². The fraction of sp³-hybridized carbons (Fsp3) is 0.321. The van der Waals surface area contributed by atoms with E-state index in [-0.39, 0.29) is 5.91 Å². The lowest BCUT2D eigenvalue weighted by Gasteiger charge is -2.39. The minimum Gasteiger partial charge on any atom is -0.368 e. The maximum absolute atomic E-state index is 13.7. The van der Waals surface area contributed by atoms with Gasteiger partial charge in [-0.05, 0) is 61.7 Å². The first kappa shape index (κ1) is 19.9. The molecule has 3 aliphatic rings. The highest BCUT2D eigenvalue weighted by Gasteiger charge is 2.32. The predicted molar refractivity (Wildman–Crippen MR) is 136 cm³/mol. The van der Waals surface area contributed by atoms with Gasteiger partial charge in [0, 0.05) is 66.8 Å². The van der Waals surface area contributed by atoms with Crippen LogP contribution in [0.15, 0.2) is 60.9 Å². The predicted octanol–water partition coefficient (Wildman–Crippen LogP) is 4.27. The standard InChI is InChI=1S/C28H27N5O/c34-28(22-7-10-29-24-6-2-1-5-21(22)24)33-13-9-19-16-25-23(17-27(19)33)26(8-11-30-25)32-15-14-31-12-3-4-20(31)18-32/h1-2,5-8,10-11,16-17,20H,3-4,9,12-15,18H2/t20-/m0/s1. The molecule has 0 radical (unpaired) electrons. The number of hydrogen-bond acceptors (Lipinski definition) is 5. The average Bonchev–Trinajstić information content (AvgIpc) is 3.52. The number of nitrogens with zero attached hydrogens (tertiary/aromatic N) is 5. The summed E-state index contributed by atoms with van der Waals surface area (Å²) in [7, 11) is 0. The summed E-state index contributed by atoms with van der Waals surface area (Å²) in [6.07, 6.45) is 7.12. The van der Waals surface area contributed by atoms with E-state index >= 15 is 0 Å². The van der Waals surface area contributed by atoms with Crippen LogP contribution >= 0.6 is 0 Å². The van der Waals surface area contributed by atoms with Crippen LogP contribution in [-0.4, -0.2) is 59.5 Å². The lowest BCUT2D eigenvalue weighted by Crippen LogP contribution is -2.50. The third-order valence-electron chi connectivity index (χ3n) is 7.87. The second-order valence-electron chi connectivity index (χ2n) is 9.69. The van der Waals surface area contributed by atoms with E-state index in [1.807, 2.05) is 41.4 Å². The molecule has 5 heterocycles. The molecule has 2 aromatic carbocycles. The van der Waals surface area contributed by atoms with Crippen molar-refractivity contribution in [1.82, 2.24) is 14.9 Å². The number of rotatable bonds is 2. The van der Waals surface area contributed by atoms with Gasteiger partial charge >= 0.3 is 0 Å². The monoisotopic (exact) mass is 449 g/mol. The first-order valence-corrected chi connectivity index (χ1v) is 12.3. The van der Waals surface area contributed by atoms with E-state index < -0.39 is 0 Å². The smallest absolute Gasteiger partial charge is 0.259 e. The van der Waals surface area contributed by atoms with Gasteiger partial charge in [-0.15, -0.1) is 0 Å². The van der Waals surface area contributed by atoms with Crippen LogP contribution in [-0.2, 0) is 6.42 Å². The maximum Gasteiger partial charge on any atom is 0.259 e. The van der Waals surface area contributed by atoms with Crippen LogP contribution in [0, 0.1) is 0 Å². The van der Waals surface area contributed by atoms with Gasteiger partial charge in [-0.25, -0.2) is 0 Å². The van der Waals surface area contributed by atoms with Gasteiger partial charge in [-0.2, -0.15) is 0 Å². The highest BCUT2D eigenvalue weighted by atomic mass is 16.2. The number of benzene rings is 2. The van der Waals surface area contributed by atoms with E-state index in [0.717, 1.165) is 53.5 Å². The Morgan fingerprint density at radius 2 is 1.74 bits per heavy atom. The van der Waals surface area contributed by atoms with Gasteiger partial charge in [0.05, 0.1) is 16.6 Å². The Hall–Kier alpha value is -3.51. The largest absolute Gasteiger partial charge is 0.368 e. The molecule has 4 aromatic rings. The first-order chi connectivity index (χ1) is 16.8. The minimum absolute atomic E-state index is 0.0433. The summed E-state index contributed by atoms with van der Waals surface area (Å²) in [6, 6.07) is 16.9. The number of hydrogen-bond donors (Lipinski definition) is 0. The van der Waals surface area contributed by atoms with Crippen molar-refractivity contribution >= 4 is 39.1 Å². The number of fused-ring (bicyclic) bond motifs is 4. The van der Waals surface area contributed by atoms with Crippen LogP contribution in [0.4, 0.5) is 11.4 Å². The Morgan fingerprint density at radius 1 is 0.853 bits per heavy atom. The molecule has 0 unspecified atom stereocenters. The van der Waals surface area contributed by atoms with E-state index in [1.54, 1.807) is 6.20 Å². The molecule has 2 fully saturated rings. The summed E-state index contributed by atoms with van der Waals surface area (Å²) in [5.41, 5.74) is 6.05. The van der Waals surface area contributed by atoms with Crippen molar-refractivity contribution < 1.29 is 4.79 Å². The molecule has 2 aromatic heterocycles. The molecule has 1 atom stereocenters. The summed E-state index contributed by atoms with van der Waals surface area (Å²) in [6.45, 7) is 5.17. The van der Waals surface area contributed by atoms with Crippen LogP contribution in [0.5, 0.6) is 0 Å². The number of carbonyl (C=O) groups excluding carboxylic acids is 1. The summed E-state index contributed by atoms with van der Waals surface area (Å²) < 4.78 is 0. The second-order valence-corrected chi connectivity index (χ2v) is 9.69. The lowest BCUT2D eigenvalue weighted by atomic mass is 10.0. The molecule has 0 N–H and O–H groups in total. The molecular weight excluding hydrogens is 422 g/mol. The Kier molecular flexibility index (Phi) is 4.55. The molecule has 170 valence electrons. The highest BCUT2D eigenvalue weighted by molar-refractivity contribution is 6.15. The quantitative estimate of drug-likeness (QED) is 0.458. The molecule has 34 heavy (non-hydrogen) atoms. The summed E-state index contributed by atoms with van der Waals surface area (Å²) in [5, 5.41) is 2.05. The zero-order valence-corrected chi connectivity index (χ0v) is 19.2. The van der Waals surface area contributed by atoms with Crippen molar-refractivity contribution in [2.45, 2.75) is 25.3 Å². The number of amides is 1. The van der Waals surface area contributed by atoms with Crippen molar-refractivity contribution in [3.63, 3.8) is 0 Å². The molecule has 2 saturated heterocycles. The Morgan fingerprint density at radius 3 is 2.71 bits per heavy atom. The van der Waals surface area contributed by atoms with Crippen LogP contribution in [0.2, 0.25) is 0 Å². The molecule has 0 bridgehead atoms. The Balaban J connectivity index is 1.29. The molecular formula is C28H27N5O. The number of piperazine rings is 1. The first-order valence-electron chi connectivity index (χ1n) is 12.3. The fourth-order valence-electron chi connectivity index (χ4n) is 6.14. The van der Waals surface area contributed by atoms with E-state index in [1.165, 1.54) is 30.6 Å². The molecule has 1 amide bonds. The van der Waals surface area contributed by atoms with Crippen molar-refractivity contribution in [2.75, 3.05) is 42.5 Å². The molecule has 0 saturated carbocycles. The molecule has 0 aliphatic carbocycles. The van der Waals surface area contributed by atoms with Gasteiger partial charge in [0.15, 0.2) is 0 Å². The minimum atomic E-state index is 0.0433. The fourth-order valence-corrected chi connectivity index (χ4v) is 6.14. The average molecular weight is 450 g/mol. The number of aromatic nitrogens is 2. The third-order valence-corrected chi connectivity index (χ3v) is 7.87. The van der Waals surface area contributed by atoms with Gasteiger partial charge in [0.2, 0.25) is 0 Å². The van der Waals surface area contributed by atoms with E-state index in [4.69, 9.17) is 4.98 Å². The number of carbonyl (C=O) groups is 1. The van der Waals surface area contributed by atoms with Gasteiger partial charge < -0.3 is 9.80 Å². The summed E-state index contributed by atoms with van der Waals surface area (Å²) in [5.74, 6) is 0.0433. The van der Waals surface area contributed by atoms with E-state index in [2.05, 4.69) is 33.0 Å². The van der Waals surface area contributed by atoms with E-state index in [0.29, 0.717) is 18.2 Å². The van der Waals surface area contributed by atoms with Gasteiger partial charge in [0.1, 0.15) is 0 Å². The Bertz CT molecular complexity index is 1430. The SMILES string of the molecule is O=C(c1ccnc2ccccc12)N1CCc2cc3nccc(N4CCN5CCC[C@H]5C4)c3cc21. The van der Waals surface area contributed by atoms with Crippen molar-refractivity contribution in [1.29, 1.82) is 0 Å². The van der Waals surface area contributed by atoms with Crippen LogP contribution in [0.1, 0.15) is 28.8 Å². The zero-order chi connectivity index (χ0) is 22.6. The number of pyridine rings is 2. The molecule has 7 rings (SSSR count). The van der Waals surface area contributed by atoms with Crippen molar-refractivity contribution in [3.05, 3.63) is 72.1 Å². The maximum atomic E-state index is 13.7. The van der Waals surface area contributed by atoms with Crippen LogP contribution in [0.25, 0.3) is 21.8 Å². The highest BCUT2D eigenvalue weighted by Crippen LogP contribution is 2.38. The molecule has 0 spiro atoms. The van der Waals surface area contributed by atoms with Gasteiger partial charge in [0.25, 0.3) is 5.91 Å². The third kappa shape index (κ3) is 3.09. The molecule has 6 heteroatoms. The topological polar surface area (TPSA) is 52.6 Å². The lowest BCUT2D eigenvalue weighted by molar-refractivity contribution is 0.0991. The molecule has 6 nitrogen and oxygen atoms in total. The molecule has 3 aliphatic heterocycles. The Labute approximate surface area is 198 Å². The second kappa shape index (κ2) is 7.77. The summed E-state index contributed by atoms with van der Waals surface area (Å²) >= 11 is 0. The van der Waals surface area contributed by atoms with Gasteiger partial charge in [-0.1, -0.05) is 18.2 Å². The normalized spacial score (nSPS) is 20.2. The zero-order valence-electron chi connectivity index (χ0n) is 19.2.